The summed E-state index contributed by atoms with van der Waals surface area (Å²) in [6.45, 7) is 0. The van der Waals surface area contributed by atoms with Crippen LogP contribution in [-0.2, 0) is 0 Å². The van der Waals surface area contributed by atoms with Crippen LogP contribution < -0.4 is 0 Å². The van der Waals surface area contributed by atoms with Crippen LogP contribution in [0.25, 0.3) is 0 Å². The molecule has 1 heterocycles. The number of rotatable bonds is 0. The summed E-state index contributed by atoms with van der Waals surface area (Å²) in [6.07, 6.45) is 1.36. The van der Waals surface area contributed by atoms with Gasteiger partial charge in [0.25, 0.3) is 0 Å². The quantitative estimate of drug-likeness (QED) is 0.316. The Kier molecular flexibility index (Phi) is 0.547. The minimum Gasteiger partial charge on any atom is -0.204 e. The fraction of sp³-hybridized carbons (Fsp3) is 0.667. The lowest BCUT2D eigenvalue weighted by Gasteiger charge is -1.93. The van der Waals surface area contributed by atoms with Crippen molar-refractivity contribution >= 4 is 16.7 Å². The van der Waals surface area contributed by atoms with Crippen LogP contribution in [0.5, 0.6) is 0 Å². The van der Waals surface area contributed by atoms with Crippen molar-refractivity contribution in [3.8, 4) is 0 Å². The van der Waals surface area contributed by atoms with Crippen molar-refractivity contribution < 1.29 is 0 Å². The second-order valence-electron chi connectivity index (χ2n) is 0.877. The van der Waals surface area contributed by atoms with E-state index in [1.807, 2.05) is 0 Å². The first-order chi connectivity index (χ1) is 2.00. The Morgan fingerprint density at radius 2 is 2.00 bits per heavy atom. The van der Waals surface area contributed by atoms with Gasteiger partial charge in [0.1, 0.15) is 0 Å². The monoisotopic (exact) mass is 74.0 g/mol. The van der Waals surface area contributed by atoms with Crippen molar-refractivity contribution in [2.45, 2.75) is 6.42 Å². The predicted molar refractivity (Wildman–Crippen MR) is 24.5 cm³/mol. The molecule has 0 unspecified atom stereocenters. The molecule has 0 radical (unpaired) electrons. The molecule has 0 aromatic carbocycles. The lowest BCUT2D eigenvalue weighted by Crippen LogP contribution is -1.84. The second-order valence-corrected chi connectivity index (χ2v) is 2.05. The molecule has 1 rings (SSSR count). The molecular formula is C3H6S. The second kappa shape index (κ2) is 0.891. The third-order valence-electron chi connectivity index (χ3n) is 0.516. The van der Waals surface area contributed by atoms with Crippen molar-refractivity contribution in [2.75, 3.05) is 5.75 Å². The Balaban J connectivity index is 2.47. The molecule has 0 bridgehead atoms. The van der Waals surface area contributed by atoms with Crippen LogP contribution in [0.1, 0.15) is 6.42 Å². The molecule has 0 aromatic heterocycles. The van der Waals surface area contributed by atoms with Gasteiger partial charge in [0.15, 0.2) is 0 Å². The molecule has 0 aromatic rings. The minimum atomic E-state index is 1.36. The average Bonchev–Trinajstić information content (AvgIpc) is 0.722. The molecule has 24 valence electrons. The third-order valence-corrected chi connectivity index (χ3v) is 1.55. The van der Waals surface area contributed by atoms with Gasteiger partial charge in [-0.15, -0.1) is 0 Å². The van der Waals surface area contributed by atoms with E-state index in [0.29, 0.717) is 0 Å². The Morgan fingerprint density at radius 3 is 2.00 bits per heavy atom. The molecule has 0 atom stereocenters. The smallest absolute Gasteiger partial charge is 0.0109 e. The maximum Gasteiger partial charge on any atom is -0.0109 e. The highest BCUT2D eigenvalue weighted by Gasteiger charge is 1.80. The van der Waals surface area contributed by atoms with E-state index in [4.69, 9.17) is 0 Å². The summed E-state index contributed by atoms with van der Waals surface area (Å²) >= 11 is 1.55. The van der Waals surface area contributed by atoms with Crippen LogP contribution in [0, 0.1) is 0 Å². The summed E-state index contributed by atoms with van der Waals surface area (Å²) in [5.41, 5.74) is 0. The Labute approximate surface area is 29.8 Å². The summed E-state index contributed by atoms with van der Waals surface area (Å²) < 4.78 is 0. The molecule has 0 saturated heterocycles. The standard InChI is InChI=1S/C3H6S/c1-2-4-3-1/h2,4H,1,3H2. The van der Waals surface area contributed by atoms with E-state index in [-0.39, 0.29) is 0 Å². The maximum atomic E-state index is 2.28. The van der Waals surface area contributed by atoms with Gasteiger partial charge in [0.05, 0.1) is 0 Å². The van der Waals surface area contributed by atoms with Gasteiger partial charge in [-0.3, -0.25) is 0 Å². The summed E-state index contributed by atoms with van der Waals surface area (Å²) in [7, 11) is 0. The summed E-state index contributed by atoms with van der Waals surface area (Å²) in [5, 5.41) is 2.28. The van der Waals surface area contributed by atoms with Gasteiger partial charge in [0.2, 0.25) is 0 Å². The Bertz CT molecular complexity index is 32.5. The number of thiol groups is 1. The first-order valence-electron chi connectivity index (χ1n) is 1.48. The Morgan fingerprint density at radius 1 is 1.75 bits per heavy atom. The lowest BCUT2D eigenvalue weighted by molar-refractivity contribution is 1.36. The third kappa shape index (κ3) is 0.186. The van der Waals surface area contributed by atoms with E-state index < -0.39 is 0 Å². The highest BCUT2D eigenvalue weighted by atomic mass is 32.1. The zero-order chi connectivity index (χ0) is 2.83. The van der Waals surface area contributed by atoms with Crippen LogP contribution >= 0.6 is 11.4 Å². The number of hydrogen-bond donors (Lipinski definition) is 1. The molecule has 0 saturated carbocycles. The van der Waals surface area contributed by atoms with Crippen LogP contribution in [-0.4, -0.2) is 11.1 Å². The van der Waals surface area contributed by atoms with Gasteiger partial charge >= 0.3 is 0 Å². The van der Waals surface area contributed by atoms with Gasteiger partial charge in [-0.05, 0) is 12.2 Å². The van der Waals surface area contributed by atoms with Gasteiger partial charge in [0, 0.05) is 0 Å². The van der Waals surface area contributed by atoms with E-state index in [0.717, 1.165) is 0 Å². The van der Waals surface area contributed by atoms with Crippen molar-refractivity contribution in [2.24, 2.45) is 0 Å². The van der Waals surface area contributed by atoms with Gasteiger partial charge in [-0.1, -0.05) is 5.37 Å². The van der Waals surface area contributed by atoms with E-state index in [1.54, 1.807) is 11.4 Å². The zero-order valence-corrected chi connectivity index (χ0v) is 3.33. The topological polar surface area (TPSA) is 0 Å². The highest BCUT2D eigenvalue weighted by Crippen LogP contribution is 1.98. The van der Waals surface area contributed by atoms with Crippen LogP contribution in [0.15, 0.2) is 0 Å². The fourth-order valence-corrected chi connectivity index (χ4v) is 0.387. The lowest BCUT2D eigenvalue weighted by atomic mass is 10.6. The minimum absolute atomic E-state index is 1.36. The van der Waals surface area contributed by atoms with Crippen LogP contribution in [0.4, 0.5) is 0 Å². The molecule has 0 amide bonds. The van der Waals surface area contributed by atoms with E-state index in [9.17, 15) is 0 Å². The molecule has 0 aliphatic carbocycles. The molecule has 1 aliphatic rings. The summed E-state index contributed by atoms with van der Waals surface area (Å²) in [5.74, 6) is 1.42. The number of hydrogen-bond acceptors (Lipinski definition) is 0. The highest BCUT2D eigenvalue weighted by molar-refractivity contribution is 7.99. The van der Waals surface area contributed by atoms with Crippen molar-refractivity contribution in [1.29, 1.82) is 0 Å². The van der Waals surface area contributed by atoms with Crippen LogP contribution in [0.2, 0.25) is 0 Å². The van der Waals surface area contributed by atoms with E-state index >= 15 is 0 Å². The molecular weight excluding hydrogens is 68.1 g/mol. The zero-order valence-electron chi connectivity index (χ0n) is 2.44. The summed E-state index contributed by atoms with van der Waals surface area (Å²) in [4.78, 5) is 0. The van der Waals surface area contributed by atoms with Crippen LogP contribution in [0.3, 0.4) is 0 Å². The van der Waals surface area contributed by atoms with Crippen molar-refractivity contribution in [1.82, 2.24) is 0 Å². The first kappa shape index (κ1) is 2.46. The normalized spacial score (nSPS) is 22.0. The van der Waals surface area contributed by atoms with Gasteiger partial charge < -0.3 is 0 Å². The molecule has 0 spiro atoms. The van der Waals surface area contributed by atoms with Gasteiger partial charge in [-0.25, -0.2) is 11.4 Å². The average molecular weight is 74.1 g/mol. The predicted octanol–water partition coefficient (Wildman–Crippen LogP) is 0.658. The van der Waals surface area contributed by atoms with Crippen molar-refractivity contribution in [3.05, 3.63) is 0 Å². The summed E-state index contributed by atoms with van der Waals surface area (Å²) in [6, 6.07) is 0. The maximum absolute atomic E-state index is 2.28. The molecule has 0 N–H and O–H groups in total. The molecule has 4 heavy (non-hydrogen) atoms. The molecule has 0 fully saturated rings. The fourth-order valence-electron chi connectivity index (χ4n) is 0.129. The van der Waals surface area contributed by atoms with Gasteiger partial charge in [-0.2, -0.15) is 0 Å². The molecule has 1 aliphatic heterocycles. The SMILES string of the molecule is C1=[SH]CC1. The largest absolute Gasteiger partial charge is 0.204 e. The van der Waals surface area contributed by atoms with E-state index in [1.165, 1.54) is 12.2 Å². The first-order valence-corrected chi connectivity index (χ1v) is 2.63. The molecule has 0 nitrogen and oxygen atoms in total. The van der Waals surface area contributed by atoms with E-state index in [2.05, 4.69) is 5.37 Å². The Hall–Kier alpha value is 0.220. The molecule has 1 heteroatoms. The van der Waals surface area contributed by atoms with Crippen molar-refractivity contribution in [3.63, 3.8) is 0 Å².